The molecule has 1 aliphatic rings. The maximum absolute atomic E-state index is 12.5. The van der Waals surface area contributed by atoms with E-state index in [9.17, 15) is 39.6 Å². The highest BCUT2D eigenvalue weighted by atomic mass is 17.3. The molecule has 4 amide bonds. The van der Waals surface area contributed by atoms with Crippen LogP contribution in [0.25, 0.3) is 0 Å². The first-order chi connectivity index (χ1) is 12.4. The van der Waals surface area contributed by atoms with E-state index in [1.54, 1.807) is 0 Å². The monoisotopic (exact) mass is 393 g/mol. The van der Waals surface area contributed by atoms with Gasteiger partial charge in [-0.2, -0.15) is 4.89 Å². The third kappa shape index (κ3) is 5.41. The first-order valence-electron chi connectivity index (χ1n) is 7.89. The molecule has 1 aliphatic heterocycles. The lowest BCUT2D eigenvalue weighted by Gasteiger charge is -2.46. The number of nitrogens with two attached hydrogens (primary N) is 1. The van der Waals surface area contributed by atoms with Gasteiger partial charge in [-0.3, -0.25) is 19.2 Å². The molecule has 1 fully saturated rings. The minimum atomic E-state index is -2.33. The topological polar surface area (TPSA) is 209 Å². The summed E-state index contributed by atoms with van der Waals surface area (Å²) in [6, 6.07) is 0. The van der Waals surface area contributed by atoms with E-state index >= 15 is 0 Å². The molecule has 0 aromatic rings. The number of imide groups is 1. The number of carbonyl (C=O) groups is 4. The zero-order chi connectivity index (χ0) is 20.9. The molecule has 0 bridgehead atoms. The number of hydrogen-bond acceptors (Lipinski definition) is 10. The summed E-state index contributed by atoms with van der Waals surface area (Å²) in [6.07, 6.45) is -8.52. The van der Waals surface area contributed by atoms with Gasteiger partial charge in [-0.15, -0.1) is 0 Å². The van der Waals surface area contributed by atoms with Gasteiger partial charge in [0, 0.05) is 19.8 Å². The van der Waals surface area contributed by atoms with Crippen LogP contribution in [0.15, 0.2) is 0 Å². The molecule has 13 heteroatoms. The maximum Gasteiger partial charge on any atom is 0.287 e. The Kier molecular flexibility index (Phi) is 7.77. The quantitative estimate of drug-likeness (QED) is 0.164. The Morgan fingerprint density at radius 1 is 1.15 bits per heavy atom. The second-order valence-electron chi connectivity index (χ2n) is 6.00. The van der Waals surface area contributed by atoms with Crippen LogP contribution < -0.4 is 11.1 Å². The summed E-state index contributed by atoms with van der Waals surface area (Å²) in [6.45, 7) is 1.53. The summed E-state index contributed by atoms with van der Waals surface area (Å²) in [4.78, 5) is 56.6. The molecule has 1 saturated heterocycles. The lowest BCUT2D eigenvalue weighted by Crippen LogP contribution is -2.74. The Bertz CT molecular complexity index is 592. The molecule has 0 aromatic carbocycles. The van der Waals surface area contributed by atoms with Crippen molar-refractivity contribution in [3.8, 4) is 0 Å². The second kappa shape index (κ2) is 9.16. The largest absolute Gasteiger partial charge is 0.391 e. The highest BCUT2D eigenvalue weighted by molar-refractivity contribution is 5.98. The summed E-state index contributed by atoms with van der Waals surface area (Å²) < 4.78 is 0. The summed E-state index contributed by atoms with van der Waals surface area (Å²) >= 11 is 0. The molecule has 1 heterocycles. The molecule has 1 rings (SSSR count). The first kappa shape index (κ1) is 22.9. The van der Waals surface area contributed by atoms with Crippen molar-refractivity contribution in [2.24, 2.45) is 5.73 Å². The Balaban J connectivity index is 3.00. The van der Waals surface area contributed by atoms with Crippen molar-refractivity contribution in [2.45, 2.75) is 57.0 Å². The fourth-order valence-corrected chi connectivity index (χ4v) is 2.24. The summed E-state index contributed by atoms with van der Waals surface area (Å²) in [5.41, 5.74) is 4.93. The number of primary amides is 1. The minimum absolute atomic E-state index is 0.293. The molecule has 154 valence electrons. The van der Waals surface area contributed by atoms with E-state index in [1.165, 1.54) is 0 Å². The van der Waals surface area contributed by atoms with Gasteiger partial charge >= 0.3 is 0 Å². The van der Waals surface area contributed by atoms with E-state index in [-0.39, 0.29) is 12.8 Å². The van der Waals surface area contributed by atoms with Crippen molar-refractivity contribution >= 4 is 23.6 Å². The predicted octanol–water partition coefficient (Wildman–Crippen LogP) is -4.18. The van der Waals surface area contributed by atoms with Crippen LogP contribution in [0, 0.1) is 0 Å². The Hall–Kier alpha value is -2.16. The lowest BCUT2D eigenvalue weighted by molar-refractivity contribution is -0.502. The zero-order valence-electron chi connectivity index (χ0n) is 14.7. The third-order valence-electron chi connectivity index (χ3n) is 3.70. The second-order valence-corrected chi connectivity index (χ2v) is 6.00. The standard InChI is InChI=1S/C14H23N3O10/c1-6(18)10(22)11(23)12(24)13(25)17(7(2)19)14(5-26-27-14)16-9(21)4-3-8(15)20/h6,10-12,18,22-24H,3-5H2,1-2H3,(H2,15,20)(H,16,21)/t6-,10-,11+,12-,14+/m1/s1. The number of amides is 4. The van der Waals surface area contributed by atoms with Crippen LogP contribution in [0.4, 0.5) is 0 Å². The van der Waals surface area contributed by atoms with Crippen molar-refractivity contribution in [3.05, 3.63) is 0 Å². The molecule has 0 aliphatic carbocycles. The molecule has 0 radical (unpaired) electrons. The van der Waals surface area contributed by atoms with Crippen LogP contribution in [0.2, 0.25) is 0 Å². The average molecular weight is 393 g/mol. The highest BCUT2D eigenvalue weighted by Gasteiger charge is 2.55. The average Bonchev–Trinajstić information content (AvgIpc) is 2.55. The van der Waals surface area contributed by atoms with Gasteiger partial charge in [0.2, 0.25) is 17.7 Å². The third-order valence-corrected chi connectivity index (χ3v) is 3.70. The van der Waals surface area contributed by atoms with Gasteiger partial charge in [0.1, 0.15) is 12.2 Å². The van der Waals surface area contributed by atoms with E-state index in [2.05, 4.69) is 10.2 Å². The van der Waals surface area contributed by atoms with Crippen LogP contribution in [-0.4, -0.2) is 85.8 Å². The van der Waals surface area contributed by atoms with Gasteiger partial charge in [-0.05, 0) is 6.92 Å². The van der Waals surface area contributed by atoms with E-state index in [1.807, 2.05) is 0 Å². The molecule has 7 N–H and O–H groups in total. The van der Waals surface area contributed by atoms with Crippen LogP contribution in [0.3, 0.4) is 0 Å². The van der Waals surface area contributed by atoms with Crippen LogP contribution in [0.1, 0.15) is 26.7 Å². The van der Waals surface area contributed by atoms with Gasteiger partial charge in [0.05, 0.1) is 6.10 Å². The van der Waals surface area contributed by atoms with Gasteiger partial charge in [-0.1, -0.05) is 0 Å². The van der Waals surface area contributed by atoms with Gasteiger partial charge < -0.3 is 31.5 Å². The van der Waals surface area contributed by atoms with Crippen molar-refractivity contribution in [1.29, 1.82) is 0 Å². The molecule has 0 aromatic heterocycles. The van der Waals surface area contributed by atoms with E-state index in [4.69, 9.17) is 10.6 Å². The first-order valence-corrected chi connectivity index (χ1v) is 7.89. The van der Waals surface area contributed by atoms with Crippen molar-refractivity contribution in [3.63, 3.8) is 0 Å². The number of hydrogen-bond donors (Lipinski definition) is 6. The molecule has 13 nitrogen and oxygen atoms in total. The molecule has 0 unspecified atom stereocenters. The number of nitrogens with one attached hydrogen (secondary N) is 1. The summed E-state index contributed by atoms with van der Waals surface area (Å²) in [5.74, 6) is -6.09. The smallest absolute Gasteiger partial charge is 0.287 e. The minimum Gasteiger partial charge on any atom is -0.391 e. The SMILES string of the molecule is CC(=O)N(C(=O)[C@H](O)[C@@H](O)[C@H](O)[C@@H](C)O)[C@@]1(NC(=O)CCC(N)=O)COO1. The Morgan fingerprint density at radius 2 is 1.70 bits per heavy atom. The van der Waals surface area contributed by atoms with Crippen LogP contribution >= 0.6 is 0 Å². The molecular weight excluding hydrogens is 370 g/mol. The maximum atomic E-state index is 12.5. The fraction of sp³-hybridized carbons (Fsp3) is 0.714. The van der Waals surface area contributed by atoms with Gasteiger partial charge in [0.25, 0.3) is 11.8 Å². The van der Waals surface area contributed by atoms with Crippen molar-refractivity contribution < 1.29 is 49.4 Å². The number of carbonyl (C=O) groups excluding carboxylic acids is 4. The number of rotatable bonds is 9. The molecule has 0 saturated carbocycles. The fourth-order valence-electron chi connectivity index (χ4n) is 2.24. The van der Waals surface area contributed by atoms with E-state index < -0.39 is 60.5 Å². The molecule has 0 spiro atoms. The Labute approximate surface area is 153 Å². The van der Waals surface area contributed by atoms with Gasteiger partial charge in [-0.25, -0.2) is 9.79 Å². The Morgan fingerprint density at radius 3 is 2.07 bits per heavy atom. The van der Waals surface area contributed by atoms with E-state index in [0.29, 0.717) is 4.90 Å². The van der Waals surface area contributed by atoms with E-state index in [0.717, 1.165) is 13.8 Å². The molecule has 5 atom stereocenters. The number of aliphatic hydroxyl groups is 4. The lowest BCUT2D eigenvalue weighted by atomic mass is 10.0. The normalized spacial score (nSPS) is 23.3. The number of nitrogens with zero attached hydrogens (tertiary/aromatic N) is 1. The predicted molar refractivity (Wildman–Crippen MR) is 83.6 cm³/mol. The molecular formula is C14H23N3O10. The van der Waals surface area contributed by atoms with Crippen LogP contribution in [0.5, 0.6) is 0 Å². The van der Waals surface area contributed by atoms with Crippen LogP contribution in [-0.2, 0) is 29.0 Å². The van der Waals surface area contributed by atoms with Gasteiger partial charge in [0.15, 0.2) is 12.7 Å². The van der Waals surface area contributed by atoms with Crippen molar-refractivity contribution in [1.82, 2.24) is 10.2 Å². The summed E-state index contributed by atoms with van der Waals surface area (Å²) in [7, 11) is 0. The van der Waals surface area contributed by atoms with Crippen molar-refractivity contribution in [2.75, 3.05) is 6.61 Å². The molecule has 27 heavy (non-hydrogen) atoms. The summed E-state index contributed by atoms with van der Waals surface area (Å²) in [5, 5.41) is 40.8. The highest BCUT2D eigenvalue weighted by Crippen LogP contribution is 2.26. The zero-order valence-corrected chi connectivity index (χ0v) is 14.7. The number of aliphatic hydroxyl groups excluding tert-OH is 4.